The van der Waals surface area contributed by atoms with Gasteiger partial charge in [-0.05, 0) is 43.5 Å². The Hall–Kier alpha value is -2.86. The zero-order valence-electron chi connectivity index (χ0n) is 14.9. The number of hydrogen-bond donors (Lipinski definition) is 1. The molecule has 1 N–H and O–H groups in total. The van der Waals surface area contributed by atoms with Gasteiger partial charge in [-0.15, -0.1) is 0 Å². The number of thiophene rings is 1. The van der Waals surface area contributed by atoms with Crippen LogP contribution in [0.25, 0.3) is 16.9 Å². The molecule has 0 aliphatic heterocycles. The third kappa shape index (κ3) is 3.04. The molecular weight excluding hydrogens is 342 g/mol. The molecule has 0 aliphatic rings. The van der Waals surface area contributed by atoms with Gasteiger partial charge in [0, 0.05) is 47.8 Å². The number of aromatic nitrogens is 3. The maximum absolute atomic E-state index is 4.59. The number of imidazole rings is 1. The van der Waals surface area contributed by atoms with E-state index in [-0.39, 0.29) is 0 Å². The van der Waals surface area contributed by atoms with Gasteiger partial charge in [0.1, 0.15) is 0 Å². The zero-order valence-corrected chi connectivity index (χ0v) is 15.7. The molecule has 0 atom stereocenters. The third-order valence-electron chi connectivity index (χ3n) is 4.48. The Morgan fingerprint density at radius 3 is 2.81 bits per heavy atom. The topological polar surface area (TPSA) is 45.5 Å². The molecule has 26 heavy (non-hydrogen) atoms. The lowest BCUT2D eigenvalue weighted by Crippen LogP contribution is -2.21. The molecule has 5 nitrogen and oxygen atoms in total. The third-order valence-corrected chi connectivity index (χ3v) is 5.17. The van der Waals surface area contributed by atoms with Crippen LogP contribution in [-0.4, -0.2) is 27.5 Å². The summed E-state index contributed by atoms with van der Waals surface area (Å²) in [6.45, 7) is 6.31. The first-order valence-corrected chi connectivity index (χ1v) is 9.71. The first kappa shape index (κ1) is 16.6. The lowest BCUT2D eigenvalue weighted by atomic mass is 10.2. The molecule has 0 fully saturated rings. The van der Waals surface area contributed by atoms with Gasteiger partial charge in [0.15, 0.2) is 11.5 Å². The number of benzene rings is 1. The molecule has 0 spiro atoms. The molecule has 132 valence electrons. The minimum Gasteiger partial charge on any atom is -0.372 e. The number of anilines is 3. The Morgan fingerprint density at radius 1 is 1.15 bits per heavy atom. The smallest absolute Gasteiger partial charge is 0.180 e. The summed E-state index contributed by atoms with van der Waals surface area (Å²) in [4.78, 5) is 11.4. The molecule has 0 saturated heterocycles. The number of nitrogens with one attached hydrogen (secondary N) is 1. The number of hydrogen-bond acceptors (Lipinski definition) is 5. The Kier molecular flexibility index (Phi) is 4.58. The normalized spacial score (nSPS) is 11.0. The number of rotatable bonds is 6. The van der Waals surface area contributed by atoms with Crippen LogP contribution in [0.2, 0.25) is 0 Å². The van der Waals surface area contributed by atoms with Crippen molar-refractivity contribution in [2.45, 2.75) is 13.8 Å². The molecule has 3 aromatic heterocycles. The molecule has 0 aliphatic carbocycles. The van der Waals surface area contributed by atoms with E-state index in [1.54, 1.807) is 17.5 Å². The minimum absolute atomic E-state index is 0.755. The van der Waals surface area contributed by atoms with Gasteiger partial charge in [0.2, 0.25) is 0 Å². The van der Waals surface area contributed by atoms with Crippen LogP contribution < -0.4 is 10.2 Å². The highest BCUT2D eigenvalue weighted by molar-refractivity contribution is 7.08. The fraction of sp³-hybridized carbons (Fsp3) is 0.200. The van der Waals surface area contributed by atoms with E-state index in [9.17, 15) is 0 Å². The van der Waals surface area contributed by atoms with E-state index >= 15 is 0 Å². The Balaban J connectivity index is 1.69. The molecule has 0 amide bonds. The summed E-state index contributed by atoms with van der Waals surface area (Å²) in [7, 11) is 0. The van der Waals surface area contributed by atoms with Crippen LogP contribution in [0.15, 0.2) is 59.7 Å². The van der Waals surface area contributed by atoms with Gasteiger partial charge in [0.05, 0.1) is 11.9 Å². The van der Waals surface area contributed by atoms with E-state index in [1.165, 1.54) is 11.3 Å². The average Bonchev–Trinajstić information content (AvgIpc) is 3.33. The van der Waals surface area contributed by atoms with Gasteiger partial charge in [-0.3, -0.25) is 4.40 Å². The largest absolute Gasteiger partial charge is 0.372 e. The van der Waals surface area contributed by atoms with E-state index in [0.29, 0.717) is 0 Å². The lowest BCUT2D eigenvalue weighted by molar-refractivity contribution is 0.866. The Morgan fingerprint density at radius 2 is 2.04 bits per heavy atom. The monoisotopic (exact) mass is 363 g/mol. The summed E-state index contributed by atoms with van der Waals surface area (Å²) in [5.74, 6) is 0.755. The molecule has 4 aromatic rings. The molecule has 4 rings (SSSR count). The van der Waals surface area contributed by atoms with Crippen molar-refractivity contribution in [1.29, 1.82) is 0 Å². The van der Waals surface area contributed by atoms with Crippen LogP contribution >= 0.6 is 11.3 Å². The highest BCUT2D eigenvalue weighted by Crippen LogP contribution is 2.27. The minimum atomic E-state index is 0.755. The van der Waals surface area contributed by atoms with Gasteiger partial charge in [-0.2, -0.15) is 11.3 Å². The van der Waals surface area contributed by atoms with Crippen molar-refractivity contribution in [1.82, 2.24) is 14.4 Å². The Labute approximate surface area is 157 Å². The summed E-state index contributed by atoms with van der Waals surface area (Å²) in [5, 5.41) is 7.64. The van der Waals surface area contributed by atoms with E-state index in [0.717, 1.165) is 35.9 Å². The SMILES string of the molecule is CCN(CC)c1cccc(Nc2nccn3c(-c4ccsc4)cnc23)c1. The highest BCUT2D eigenvalue weighted by Gasteiger charge is 2.11. The first-order chi connectivity index (χ1) is 12.8. The summed E-state index contributed by atoms with van der Waals surface area (Å²) >= 11 is 1.68. The molecule has 6 heteroatoms. The molecule has 0 bridgehead atoms. The van der Waals surface area contributed by atoms with E-state index in [2.05, 4.69) is 79.5 Å². The molecule has 0 radical (unpaired) electrons. The molecular formula is C20H21N5S. The summed E-state index contributed by atoms with van der Waals surface area (Å²) < 4.78 is 2.08. The second kappa shape index (κ2) is 7.17. The lowest BCUT2D eigenvalue weighted by Gasteiger charge is -2.21. The number of nitrogens with zero attached hydrogens (tertiary/aromatic N) is 4. The van der Waals surface area contributed by atoms with Crippen LogP contribution in [0.4, 0.5) is 17.2 Å². The standard InChI is InChI=1S/C20H21N5S/c1-3-24(4-2)17-7-5-6-16(12-17)23-19-20-22-13-18(15-8-11-26-14-15)25(20)10-9-21-19/h5-14H,3-4H2,1-2H3,(H,21,23). The van der Waals surface area contributed by atoms with Crippen molar-refractivity contribution < 1.29 is 0 Å². The summed E-state index contributed by atoms with van der Waals surface area (Å²) in [6.07, 6.45) is 5.66. The van der Waals surface area contributed by atoms with Gasteiger partial charge < -0.3 is 10.2 Å². The average molecular weight is 363 g/mol. The van der Waals surface area contributed by atoms with Crippen LogP contribution in [-0.2, 0) is 0 Å². The van der Waals surface area contributed by atoms with Crippen molar-refractivity contribution in [2.24, 2.45) is 0 Å². The van der Waals surface area contributed by atoms with Crippen molar-refractivity contribution >= 4 is 34.2 Å². The quantitative estimate of drug-likeness (QED) is 0.521. The van der Waals surface area contributed by atoms with E-state index in [4.69, 9.17) is 0 Å². The Bertz CT molecular complexity index is 1000. The second-order valence-electron chi connectivity index (χ2n) is 5.97. The maximum atomic E-state index is 4.59. The molecule has 3 heterocycles. The van der Waals surface area contributed by atoms with Crippen molar-refractivity contribution in [2.75, 3.05) is 23.3 Å². The van der Waals surface area contributed by atoms with Crippen molar-refractivity contribution in [3.63, 3.8) is 0 Å². The summed E-state index contributed by atoms with van der Waals surface area (Å²) in [5.41, 5.74) is 5.28. The first-order valence-electron chi connectivity index (χ1n) is 8.76. The fourth-order valence-electron chi connectivity index (χ4n) is 3.14. The van der Waals surface area contributed by atoms with Crippen LogP contribution in [0.5, 0.6) is 0 Å². The second-order valence-corrected chi connectivity index (χ2v) is 6.75. The highest BCUT2D eigenvalue weighted by atomic mass is 32.1. The molecule has 1 aromatic carbocycles. The predicted molar refractivity (Wildman–Crippen MR) is 110 cm³/mol. The van der Waals surface area contributed by atoms with Crippen molar-refractivity contribution in [3.8, 4) is 11.3 Å². The van der Waals surface area contributed by atoms with Gasteiger partial charge in [-0.25, -0.2) is 9.97 Å². The van der Waals surface area contributed by atoms with Crippen LogP contribution in [0, 0.1) is 0 Å². The van der Waals surface area contributed by atoms with Crippen LogP contribution in [0.3, 0.4) is 0 Å². The maximum Gasteiger partial charge on any atom is 0.180 e. The van der Waals surface area contributed by atoms with Crippen LogP contribution in [0.1, 0.15) is 13.8 Å². The van der Waals surface area contributed by atoms with Gasteiger partial charge in [-0.1, -0.05) is 6.07 Å². The fourth-order valence-corrected chi connectivity index (χ4v) is 3.79. The van der Waals surface area contributed by atoms with Gasteiger partial charge >= 0.3 is 0 Å². The zero-order chi connectivity index (χ0) is 17.9. The molecule has 0 saturated carbocycles. The molecule has 0 unspecified atom stereocenters. The summed E-state index contributed by atoms with van der Waals surface area (Å²) in [6, 6.07) is 10.5. The predicted octanol–water partition coefficient (Wildman–Crippen LogP) is 5.05. The number of fused-ring (bicyclic) bond motifs is 1. The van der Waals surface area contributed by atoms with E-state index in [1.807, 2.05) is 12.4 Å². The van der Waals surface area contributed by atoms with Crippen molar-refractivity contribution in [3.05, 3.63) is 59.7 Å². The van der Waals surface area contributed by atoms with Gasteiger partial charge in [0.25, 0.3) is 0 Å². The van der Waals surface area contributed by atoms with E-state index < -0.39 is 0 Å².